The molecular formula is C12H12FN3O3. The first kappa shape index (κ1) is 14.6. The molecule has 0 aliphatic carbocycles. The zero-order valence-electron chi connectivity index (χ0n) is 10.3. The minimum atomic E-state index is -0.813. The second-order valence-corrected chi connectivity index (χ2v) is 3.80. The molecule has 0 aliphatic heterocycles. The van der Waals surface area contributed by atoms with E-state index >= 15 is 0 Å². The zero-order chi connectivity index (χ0) is 14.4. The van der Waals surface area contributed by atoms with Crippen molar-refractivity contribution >= 4 is 11.6 Å². The molecule has 0 heterocycles. The Hall–Kier alpha value is -2.49. The number of hydrogen-bond acceptors (Lipinski definition) is 4. The van der Waals surface area contributed by atoms with E-state index in [9.17, 15) is 19.3 Å². The van der Waals surface area contributed by atoms with Gasteiger partial charge in [0.25, 0.3) is 11.6 Å². The fraction of sp³-hybridized carbons (Fsp3) is 0.333. The fourth-order valence-corrected chi connectivity index (χ4v) is 1.61. The van der Waals surface area contributed by atoms with Crippen LogP contribution in [0.1, 0.15) is 23.7 Å². The highest BCUT2D eigenvalue weighted by Crippen LogP contribution is 2.21. The van der Waals surface area contributed by atoms with E-state index in [0.29, 0.717) is 19.0 Å². The number of nitrogens with zero attached hydrogens (tertiary/aromatic N) is 3. The van der Waals surface area contributed by atoms with E-state index < -0.39 is 22.3 Å². The molecule has 100 valence electrons. The number of amides is 1. The van der Waals surface area contributed by atoms with Crippen LogP contribution in [0.15, 0.2) is 18.2 Å². The molecule has 1 aromatic carbocycles. The molecule has 0 bridgehead atoms. The van der Waals surface area contributed by atoms with Gasteiger partial charge in [0, 0.05) is 6.54 Å². The van der Waals surface area contributed by atoms with Gasteiger partial charge in [-0.15, -0.1) is 0 Å². The van der Waals surface area contributed by atoms with Gasteiger partial charge in [0.2, 0.25) is 0 Å². The molecule has 0 aliphatic rings. The van der Waals surface area contributed by atoms with E-state index in [1.54, 1.807) is 0 Å². The van der Waals surface area contributed by atoms with Crippen LogP contribution in [0.5, 0.6) is 0 Å². The van der Waals surface area contributed by atoms with Crippen LogP contribution in [0, 0.1) is 27.3 Å². The highest BCUT2D eigenvalue weighted by Gasteiger charge is 2.24. The Bertz CT molecular complexity index is 540. The summed E-state index contributed by atoms with van der Waals surface area (Å²) >= 11 is 0. The largest absolute Gasteiger partial charge is 0.325 e. The van der Waals surface area contributed by atoms with E-state index in [1.807, 2.05) is 13.0 Å². The summed E-state index contributed by atoms with van der Waals surface area (Å²) in [5, 5.41) is 19.5. The monoisotopic (exact) mass is 265 g/mol. The molecule has 0 saturated heterocycles. The van der Waals surface area contributed by atoms with Crippen LogP contribution >= 0.6 is 0 Å². The van der Waals surface area contributed by atoms with Crippen LogP contribution in [0.25, 0.3) is 0 Å². The predicted octanol–water partition coefficient (Wildman–Crippen LogP) is 2.11. The smallest absolute Gasteiger partial charge is 0.285 e. The maximum atomic E-state index is 13.0. The molecule has 0 aromatic heterocycles. The normalized spacial score (nSPS) is 9.74. The lowest BCUT2D eigenvalue weighted by Crippen LogP contribution is -2.32. The third-order valence-electron chi connectivity index (χ3n) is 2.43. The van der Waals surface area contributed by atoms with E-state index in [2.05, 4.69) is 0 Å². The SMILES string of the molecule is CCCN(CC#N)C(=O)c1ccc(F)cc1[N+](=O)[O-]. The predicted molar refractivity (Wildman–Crippen MR) is 64.9 cm³/mol. The quantitative estimate of drug-likeness (QED) is 0.463. The van der Waals surface area contributed by atoms with Crippen molar-refractivity contribution in [2.75, 3.05) is 13.1 Å². The van der Waals surface area contributed by atoms with Crippen molar-refractivity contribution in [3.05, 3.63) is 39.7 Å². The summed E-state index contributed by atoms with van der Waals surface area (Å²) in [5.74, 6) is -1.43. The molecule has 1 aromatic rings. The third-order valence-corrected chi connectivity index (χ3v) is 2.43. The number of nitro groups is 1. The van der Waals surface area contributed by atoms with Gasteiger partial charge in [0.05, 0.1) is 17.1 Å². The maximum absolute atomic E-state index is 13.0. The first-order valence-electron chi connectivity index (χ1n) is 5.61. The summed E-state index contributed by atoms with van der Waals surface area (Å²) in [5.41, 5.74) is -0.806. The Labute approximate surface area is 109 Å². The third kappa shape index (κ3) is 3.48. The fourth-order valence-electron chi connectivity index (χ4n) is 1.61. The Morgan fingerprint density at radius 3 is 2.79 bits per heavy atom. The van der Waals surface area contributed by atoms with Gasteiger partial charge in [-0.1, -0.05) is 6.92 Å². The van der Waals surface area contributed by atoms with Gasteiger partial charge in [-0.25, -0.2) is 4.39 Å². The molecule has 0 saturated carbocycles. The Morgan fingerprint density at radius 2 is 2.26 bits per heavy atom. The number of rotatable bonds is 5. The molecule has 1 amide bonds. The molecule has 0 unspecified atom stereocenters. The van der Waals surface area contributed by atoms with Crippen LogP contribution in [0.3, 0.4) is 0 Å². The van der Waals surface area contributed by atoms with Crippen molar-refractivity contribution in [1.29, 1.82) is 5.26 Å². The maximum Gasteiger partial charge on any atom is 0.285 e. The molecule has 0 fully saturated rings. The van der Waals surface area contributed by atoms with Gasteiger partial charge >= 0.3 is 0 Å². The van der Waals surface area contributed by atoms with Crippen LogP contribution in [-0.4, -0.2) is 28.8 Å². The zero-order valence-corrected chi connectivity index (χ0v) is 10.3. The summed E-state index contributed by atoms with van der Waals surface area (Å²) in [6.45, 7) is 1.96. The molecule has 0 radical (unpaired) electrons. The minimum Gasteiger partial charge on any atom is -0.325 e. The van der Waals surface area contributed by atoms with Gasteiger partial charge in [-0.2, -0.15) is 5.26 Å². The van der Waals surface area contributed by atoms with Crippen molar-refractivity contribution in [3.8, 4) is 6.07 Å². The van der Waals surface area contributed by atoms with Crippen molar-refractivity contribution in [1.82, 2.24) is 4.90 Å². The Kier molecular flexibility index (Phi) is 4.94. The lowest BCUT2D eigenvalue weighted by Gasteiger charge is -2.18. The summed E-state index contributed by atoms with van der Waals surface area (Å²) in [4.78, 5) is 23.3. The lowest BCUT2D eigenvalue weighted by atomic mass is 10.1. The lowest BCUT2D eigenvalue weighted by molar-refractivity contribution is -0.385. The van der Waals surface area contributed by atoms with Crippen molar-refractivity contribution in [2.45, 2.75) is 13.3 Å². The number of nitriles is 1. The van der Waals surface area contributed by atoms with Crippen LogP contribution < -0.4 is 0 Å². The highest BCUT2D eigenvalue weighted by molar-refractivity contribution is 5.98. The Balaban J connectivity index is 3.17. The van der Waals surface area contributed by atoms with Crippen LogP contribution in [0.4, 0.5) is 10.1 Å². The molecule has 7 heteroatoms. The van der Waals surface area contributed by atoms with Crippen molar-refractivity contribution < 1.29 is 14.1 Å². The van der Waals surface area contributed by atoms with Crippen LogP contribution in [-0.2, 0) is 0 Å². The molecule has 0 atom stereocenters. The first-order chi connectivity index (χ1) is 9.01. The number of carbonyl (C=O) groups is 1. The van der Waals surface area contributed by atoms with Gasteiger partial charge in [0.15, 0.2) is 0 Å². The number of benzene rings is 1. The van der Waals surface area contributed by atoms with Gasteiger partial charge in [0.1, 0.15) is 17.9 Å². The van der Waals surface area contributed by atoms with Crippen LogP contribution in [0.2, 0.25) is 0 Å². The summed E-state index contributed by atoms with van der Waals surface area (Å²) in [6.07, 6.45) is 0.614. The summed E-state index contributed by atoms with van der Waals surface area (Å²) < 4.78 is 13.0. The molecular weight excluding hydrogens is 253 g/mol. The van der Waals surface area contributed by atoms with Gasteiger partial charge in [-0.3, -0.25) is 14.9 Å². The minimum absolute atomic E-state index is 0.165. The van der Waals surface area contributed by atoms with Crippen molar-refractivity contribution in [3.63, 3.8) is 0 Å². The number of nitro benzene ring substituents is 1. The van der Waals surface area contributed by atoms with Gasteiger partial charge in [-0.05, 0) is 18.6 Å². The average Bonchev–Trinajstić information content (AvgIpc) is 2.37. The number of hydrogen-bond donors (Lipinski definition) is 0. The molecule has 19 heavy (non-hydrogen) atoms. The molecule has 0 spiro atoms. The molecule has 1 rings (SSSR count). The average molecular weight is 265 g/mol. The summed E-state index contributed by atoms with van der Waals surface area (Å²) in [7, 11) is 0. The topological polar surface area (TPSA) is 87.2 Å². The standard InChI is InChI=1S/C12H12FN3O3/c1-2-6-15(7-5-14)12(17)10-4-3-9(13)8-11(10)16(18)19/h3-4,8H,2,6-7H2,1H3. The van der Waals surface area contributed by atoms with E-state index in [-0.39, 0.29) is 12.1 Å². The molecule has 0 N–H and O–H groups in total. The number of halogens is 1. The highest BCUT2D eigenvalue weighted by atomic mass is 19.1. The molecule has 6 nitrogen and oxygen atoms in total. The first-order valence-corrected chi connectivity index (χ1v) is 5.61. The van der Waals surface area contributed by atoms with Crippen molar-refractivity contribution in [2.24, 2.45) is 0 Å². The second kappa shape index (κ2) is 6.44. The second-order valence-electron chi connectivity index (χ2n) is 3.80. The number of carbonyl (C=O) groups excluding carboxylic acids is 1. The summed E-state index contributed by atoms with van der Waals surface area (Å²) in [6, 6.07) is 4.57. The van der Waals surface area contributed by atoms with E-state index in [0.717, 1.165) is 12.1 Å². The van der Waals surface area contributed by atoms with E-state index in [1.165, 1.54) is 4.90 Å². The van der Waals surface area contributed by atoms with Gasteiger partial charge < -0.3 is 4.90 Å². The van der Waals surface area contributed by atoms with E-state index in [4.69, 9.17) is 5.26 Å². The Morgan fingerprint density at radius 1 is 1.58 bits per heavy atom.